The topological polar surface area (TPSA) is 52.6 Å². The fraction of sp³-hybridized carbons (Fsp3) is 0.714. The first-order valence-corrected chi connectivity index (χ1v) is 3.23. The zero-order chi connectivity index (χ0) is 9.07. The highest BCUT2D eigenvalue weighted by atomic mass is 17.2. The second-order valence-electron chi connectivity index (χ2n) is 3.20. The standard InChI is InChI=1S/C7H12O4/c1-5(8)10-11-6(9)7(2,3)4/h1-4H3. The lowest BCUT2D eigenvalue weighted by atomic mass is 9.98. The Balaban J connectivity index is 3.80. The first kappa shape index (κ1) is 9.94. The van der Waals surface area contributed by atoms with Gasteiger partial charge in [0, 0.05) is 6.92 Å². The molecule has 0 aromatic rings. The van der Waals surface area contributed by atoms with Crippen molar-refractivity contribution in [1.82, 2.24) is 0 Å². The highest BCUT2D eigenvalue weighted by Crippen LogP contribution is 2.14. The molecular formula is C7H12O4. The monoisotopic (exact) mass is 160 g/mol. The molecule has 4 heteroatoms. The summed E-state index contributed by atoms with van der Waals surface area (Å²) in [6.45, 7) is 6.16. The van der Waals surface area contributed by atoms with E-state index in [4.69, 9.17) is 0 Å². The Morgan fingerprint density at radius 1 is 1.09 bits per heavy atom. The Hall–Kier alpha value is -1.06. The first-order chi connectivity index (χ1) is 4.84. The molecular weight excluding hydrogens is 148 g/mol. The lowest BCUT2D eigenvalue weighted by molar-refractivity contribution is -0.263. The van der Waals surface area contributed by atoms with Gasteiger partial charge in [0.25, 0.3) is 0 Å². The van der Waals surface area contributed by atoms with Gasteiger partial charge in [0.1, 0.15) is 0 Å². The van der Waals surface area contributed by atoms with E-state index in [1.807, 2.05) is 0 Å². The third-order valence-corrected chi connectivity index (χ3v) is 0.847. The normalized spacial score (nSPS) is 10.5. The summed E-state index contributed by atoms with van der Waals surface area (Å²) in [5, 5.41) is 0. The molecule has 11 heavy (non-hydrogen) atoms. The van der Waals surface area contributed by atoms with E-state index < -0.39 is 17.4 Å². The van der Waals surface area contributed by atoms with Crippen LogP contribution in [0.25, 0.3) is 0 Å². The molecule has 0 amide bonds. The Bertz CT molecular complexity index is 166. The lowest BCUT2D eigenvalue weighted by Gasteiger charge is -2.13. The predicted molar refractivity (Wildman–Crippen MR) is 37.3 cm³/mol. The summed E-state index contributed by atoms with van der Waals surface area (Å²) in [6, 6.07) is 0. The number of carbonyl (C=O) groups excluding carboxylic acids is 2. The molecule has 0 aliphatic carbocycles. The van der Waals surface area contributed by atoms with Crippen molar-refractivity contribution in [3.63, 3.8) is 0 Å². The molecule has 64 valence electrons. The van der Waals surface area contributed by atoms with Gasteiger partial charge >= 0.3 is 11.9 Å². The average molecular weight is 160 g/mol. The fourth-order valence-electron chi connectivity index (χ4n) is 0.222. The van der Waals surface area contributed by atoms with Crippen LogP contribution in [0.4, 0.5) is 0 Å². The van der Waals surface area contributed by atoms with Crippen LogP contribution in [-0.2, 0) is 19.4 Å². The van der Waals surface area contributed by atoms with Crippen molar-refractivity contribution in [1.29, 1.82) is 0 Å². The van der Waals surface area contributed by atoms with Crippen LogP contribution < -0.4 is 0 Å². The molecule has 0 bridgehead atoms. The second kappa shape index (κ2) is 3.37. The highest BCUT2D eigenvalue weighted by Gasteiger charge is 2.25. The van der Waals surface area contributed by atoms with Gasteiger partial charge in [0.2, 0.25) is 0 Å². The van der Waals surface area contributed by atoms with Gasteiger partial charge in [0.05, 0.1) is 5.41 Å². The molecule has 0 aliphatic heterocycles. The quantitative estimate of drug-likeness (QED) is 0.392. The van der Waals surface area contributed by atoms with E-state index >= 15 is 0 Å². The van der Waals surface area contributed by atoms with E-state index in [-0.39, 0.29) is 0 Å². The molecule has 0 spiro atoms. The molecule has 4 nitrogen and oxygen atoms in total. The Kier molecular flexibility index (Phi) is 3.04. The largest absolute Gasteiger partial charge is 0.360 e. The van der Waals surface area contributed by atoms with Gasteiger partial charge < -0.3 is 0 Å². The molecule has 0 aliphatic rings. The maximum atomic E-state index is 10.9. The summed E-state index contributed by atoms with van der Waals surface area (Å²) in [7, 11) is 0. The van der Waals surface area contributed by atoms with E-state index in [0.29, 0.717) is 0 Å². The maximum absolute atomic E-state index is 10.9. The van der Waals surface area contributed by atoms with Gasteiger partial charge in [0.15, 0.2) is 0 Å². The van der Waals surface area contributed by atoms with Crippen molar-refractivity contribution >= 4 is 11.9 Å². The van der Waals surface area contributed by atoms with Gasteiger partial charge in [-0.25, -0.2) is 19.4 Å². The van der Waals surface area contributed by atoms with Crippen LogP contribution in [0, 0.1) is 5.41 Å². The zero-order valence-electron chi connectivity index (χ0n) is 7.13. The molecule has 0 rings (SSSR count). The second-order valence-corrected chi connectivity index (χ2v) is 3.20. The van der Waals surface area contributed by atoms with Gasteiger partial charge in [-0.1, -0.05) is 0 Å². The van der Waals surface area contributed by atoms with Crippen molar-refractivity contribution in [2.45, 2.75) is 27.7 Å². The third-order valence-electron chi connectivity index (χ3n) is 0.847. The number of rotatable bonds is 0. The zero-order valence-corrected chi connectivity index (χ0v) is 7.13. The molecule has 0 aromatic carbocycles. The van der Waals surface area contributed by atoms with E-state index in [0.717, 1.165) is 6.92 Å². The maximum Gasteiger partial charge on any atom is 0.360 e. The summed E-state index contributed by atoms with van der Waals surface area (Å²) in [4.78, 5) is 29.3. The summed E-state index contributed by atoms with van der Waals surface area (Å²) < 4.78 is 0. The molecule has 0 aromatic heterocycles. The lowest BCUT2D eigenvalue weighted by Crippen LogP contribution is -2.23. The van der Waals surface area contributed by atoms with Crippen LogP contribution in [0.5, 0.6) is 0 Å². The van der Waals surface area contributed by atoms with Crippen molar-refractivity contribution in [3.8, 4) is 0 Å². The molecule has 0 saturated heterocycles. The summed E-state index contributed by atoms with van der Waals surface area (Å²) >= 11 is 0. The van der Waals surface area contributed by atoms with E-state index in [2.05, 4.69) is 9.78 Å². The van der Waals surface area contributed by atoms with Crippen LogP contribution in [0.1, 0.15) is 27.7 Å². The van der Waals surface area contributed by atoms with Crippen LogP contribution in [0.15, 0.2) is 0 Å². The van der Waals surface area contributed by atoms with Crippen LogP contribution in [0.2, 0.25) is 0 Å². The van der Waals surface area contributed by atoms with Crippen LogP contribution >= 0.6 is 0 Å². The number of hydrogen-bond donors (Lipinski definition) is 0. The average Bonchev–Trinajstić information content (AvgIpc) is 1.80. The molecule has 0 heterocycles. The van der Waals surface area contributed by atoms with Gasteiger partial charge in [-0.2, -0.15) is 0 Å². The van der Waals surface area contributed by atoms with E-state index in [9.17, 15) is 9.59 Å². The van der Waals surface area contributed by atoms with Crippen molar-refractivity contribution in [3.05, 3.63) is 0 Å². The van der Waals surface area contributed by atoms with Crippen molar-refractivity contribution < 1.29 is 19.4 Å². The Morgan fingerprint density at radius 2 is 1.55 bits per heavy atom. The van der Waals surface area contributed by atoms with Gasteiger partial charge in [-0.15, -0.1) is 0 Å². The number of hydrogen-bond acceptors (Lipinski definition) is 4. The molecule has 0 saturated carbocycles. The minimum absolute atomic E-state index is 0.562. The van der Waals surface area contributed by atoms with Crippen LogP contribution in [-0.4, -0.2) is 11.9 Å². The molecule has 0 unspecified atom stereocenters. The van der Waals surface area contributed by atoms with Crippen molar-refractivity contribution in [2.24, 2.45) is 5.41 Å². The number of carbonyl (C=O) groups is 2. The molecule has 0 atom stereocenters. The minimum atomic E-state index is -0.643. The smallest absolute Gasteiger partial charge is 0.248 e. The molecule has 0 fully saturated rings. The molecule has 0 radical (unpaired) electrons. The summed E-state index contributed by atoms with van der Waals surface area (Å²) in [6.07, 6.45) is 0. The fourth-order valence-corrected chi connectivity index (χ4v) is 0.222. The summed E-state index contributed by atoms with van der Waals surface area (Å²) in [5.41, 5.74) is -0.643. The minimum Gasteiger partial charge on any atom is -0.248 e. The molecule has 0 N–H and O–H groups in total. The van der Waals surface area contributed by atoms with Crippen molar-refractivity contribution in [2.75, 3.05) is 0 Å². The Morgan fingerprint density at radius 3 is 1.82 bits per heavy atom. The third kappa shape index (κ3) is 4.36. The predicted octanol–water partition coefficient (Wildman–Crippen LogP) is 1.05. The SMILES string of the molecule is CC(=O)OOC(=O)C(C)(C)C. The Labute approximate surface area is 65.4 Å². The highest BCUT2D eigenvalue weighted by molar-refractivity contribution is 5.76. The van der Waals surface area contributed by atoms with E-state index in [1.165, 1.54) is 0 Å². The van der Waals surface area contributed by atoms with E-state index in [1.54, 1.807) is 20.8 Å². The van der Waals surface area contributed by atoms with Crippen LogP contribution in [0.3, 0.4) is 0 Å². The van der Waals surface area contributed by atoms with Gasteiger partial charge in [-0.3, -0.25) is 0 Å². The summed E-state index contributed by atoms with van der Waals surface area (Å²) in [5.74, 6) is -1.20. The first-order valence-electron chi connectivity index (χ1n) is 3.23. The van der Waals surface area contributed by atoms with Gasteiger partial charge in [-0.05, 0) is 20.8 Å².